The number of hydrogen-bond donors (Lipinski definition) is 2. The zero-order valence-corrected chi connectivity index (χ0v) is 16.2. The van der Waals surface area contributed by atoms with E-state index in [1.165, 1.54) is 18.6 Å². The van der Waals surface area contributed by atoms with Crippen LogP contribution in [0, 0.1) is 0 Å². The van der Waals surface area contributed by atoms with Crippen molar-refractivity contribution in [3.8, 4) is 11.4 Å². The van der Waals surface area contributed by atoms with E-state index in [2.05, 4.69) is 25.7 Å². The van der Waals surface area contributed by atoms with Crippen LogP contribution in [0.2, 0.25) is 0 Å². The topological polar surface area (TPSA) is 120 Å². The van der Waals surface area contributed by atoms with Crippen LogP contribution in [0.5, 0.6) is 0 Å². The Labute approximate surface area is 161 Å². The third-order valence-corrected chi connectivity index (χ3v) is 3.01. The van der Waals surface area contributed by atoms with Gasteiger partial charge >= 0.3 is 12.2 Å². The Morgan fingerprint density at radius 2 is 2.07 bits per heavy atom. The van der Waals surface area contributed by atoms with Crippen LogP contribution in [0.1, 0.15) is 27.7 Å². The predicted molar refractivity (Wildman–Crippen MR) is 101 cm³/mol. The first-order valence-electron chi connectivity index (χ1n) is 8.04. The summed E-state index contributed by atoms with van der Waals surface area (Å²) in [4.78, 5) is 31.8. The summed E-state index contributed by atoms with van der Waals surface area (Å²) in [6.07, 6.45) is 3.13. The van der Waals surface area contributed by atoms with Crippen LogP contribution in [-0.2, 0) is 9.47 Å². The highest BCUT2D eigenvalue weighted by atomic mass is 32.1. The van der Waals surface area contributed by atoms with Gasteiger partial charge < -0.3 is 14.8 Å². The number of nitrogens with zero attached hydrogens (tertiary/aromatic N) is 4. The number of ether oxygens (including phenoxy) is 2. The molecule has 2 N–H and O–H groups in total. The number of amides is 1. The lowest BCUT2D eigenvalue weighted by Gasteiger charge is -2.18. The highest BCUT2D eigenvalue weighted by Gasteiger charge is 2.19. The maximum Gasteiger partial charge on any atom is 0.435 e. The van der Waals surface area contributed by atoms with Gasteiger partial charge in [-0.05, 0) is 46.0 Å². The summed E-state index contributed by atoms with van der Waals surface area (Å²) in [7, 11) is 0. The summed E-state index contributed by atoms with van der Waals surface area (Å²) in [6, 6.07) is 1.57. The van der Waals surface area contributed by atoms with Crippen molar-refractivity contribution < 1.29 is 19.1 Å². The molecule has 0 aliphatic carbocycles. The molecular formula is C16H20N6O4S. The fourth-order valence-electron chi connectivity index (χ4n) is 1.82. The van der Waals surface area contributed by atoms with E-state index in [9.17, 15) is 9.59 Å². The summed E-state index contributed by atoms with van der Waals surface area (Å²) in [6.45, 7) is 7.21. The van der Waals surface area contributed by atoms with Crippen LogP contribution in [-0.4, -0.2) is 49.3 Å². The highest BCUT2D eigenvalue weighted by molar-refractivity contribution is 7.80. The number of anilines is 1. The molecule has 0 unspecified atom stereocenters. The van der Waals surface area contributed by atoms with E-state index in [1.54, 1.807) is 33.8 Å². The molecule has 2 aromatic rings. The quantitative estimate of drug-likeness (QED) is 0.759. The van der Waals surface area contributed by atoms with Crippen LogP contribution in [0.25, 0.3) is 11.4 Å². The summed E-state index contributed by atoms with van der Waals surface area (Å²) in [5.41, 5.74) is -0.126. The second-order valence-electron chi connectivity index (χ2n) is 6.22. The van der Waals surface area contributed by atoms with E-state index in [4.69, 9.17) is 21.7 Å². The van der Waals surface area contributed by atoms with E-state index in [0.717, 1.165) is 4.68 Å². The first-order valence-corrected chi connectivity index (χ1v) is 8.45. The maximum absolute atomic E-state index is 12.0. The second-order valence-corrected chi connectivity index (χ2v) is 6.63. The van der Waals surface area contributed by atoms with Crippen LogP contribution in [0.15, 0.2) is 24.7 Å². The summed E-state index contributed by atoms with van der Waals surface area (Å²) in [5.74, 6) is 0.667. The van der Waals surface area contributed by atoms with Crippen LogP contribution >= 0.6 is 12.2 Å². The molecule has 0 aromatic carbocycles. The van der Waals surface area contributed by atoms with Crippen molar-refractivity contribution in [3.05, 3.63) is 24.7 Å². The van der Waals surface area contributed by atoms with Gasteiger partial charge in [0.15, 0.2) is 10.9 Å². The van der Waals surface area contributed by atoms with E-state index in [1.807, 2.05) is 0 Å². The van der Waals surface area contributed by atoms with Crippen LogP contribution in [0.4, 0.5) is 15.4 Å². The third-order valence-electron chi connectivity index (χ3n) is 2.81. The Morgan fingerprint density at radius 3 is 2.74 bits per heavy atom. The molecule has 0 atom stereocenters. The number of carbonyl (C=O) groups is 2. The molecule has 0 saturated carbocycles. The van der Waals surface area contributed by atoms with Crippen LogP contribution < -0.4 is 10.6 Å². The van der Waals surface area contributed by atoms with Crippen LogP contribution in [0.3, 0.4) is 0 Å². The standard InChI is InChI=1S/C16H20N6O4S/c1-5-25-14(23)21-13(27)20-11-6-7-17-12(19-11)10-8-18-22(9-10)15(24)26-16(2,3)4/h6-9H,5H2,1-4H3,(H2,17,19,20,21,23,27). The van der Waals surface area contributed by atoms with Gasteiger partial charge in [-0.25, -0.2) is 19.6 Å². The van der Waals surface area contributed by atoms with Gasteiger partial charge in [-0.15, -0.1) is 0 Å². The monoisotopic (exact) mass is 392 g/mol. The smallest absolute Gasteiger partial charge is 0.435 e. The normalized spacial score (nSPS) is 10.8. The molecule has 0 aliphatic rings. The zero-order chi connectivity index (χ0) is 20.0. The van der Waals surface area contributed by atoms with Gasteiger partial charge in [0.05, 0.1) is 18.4 Å². The number of hydrogen-bond acceptors (Lipinski definition) is 8. The van der Waals surface area contributed by atoms with E-state index in [0.29, 0.717) is 17.2 Å². The SMILES string of the molecule is CCOC(=O)NC(=S)Nc1ccnc(-c2cnn(C(=O)OC(C)(C)C)c2)n1. The van der Waals surface area contributed by atoms with E-state index >= 15 is 0 Å². The van der Waals surface area contributed by atoms with E-state index < -0.39 is 17.8 Å². The van der Waals surface area contributed by atoms with Crippen molar-refractivity contribution >= 4 is 35.3 Å². The summed E-state index contributed by atoms with van der Waals surface area (Å²) in [5, 5.41) is 9.10. The molecule has 0 aliphatic heterocycles. The van der Waals surface area contributed by atoms with Crippen molar-refractivity contribution in [2.75, 3.05) is 11.9 Å². The molecule has 1 amide bonds. The molecule has 27 heavy (non-hydrogen) atoms. The fraction of sp³-hybridized carbons (Fsp3) is 0.375. The fourth-order valence-corrected chi connectivity index (χ4v) is 2.01. The van der Waals surface area contributed by atoms with E-state index in [-0.39, 0.29) is 11.7 Å². The molecule has 2 aromatic heterocycles. The number of nitrogens with one attached hydrogen (secondary N) is 2. The summed E-state index contributed by atoms with van der Waals surface area (Å²) < 4.78 is 11.0. The predicted octanol–water partition coefficient (Wildman–Crippen LogP) is 2.57. The van der Waals surface area contributed by atoms with Gasteiger partial charge in [0.2, 0.25) is 0 Å². The highest BCUT2D eigenvalue weighted by Crippen LogP contribution is 2.16. The average molecular weight is 392 g/mol. The lowest BCUT2D eigenvalue weighted by molar-refractivity contribution is 0.0514. The molecular weight excluding hydrogens is 372 g/mol. The average Bonchev–Trinajstić information content (AvgIpc) is 3.03. The molecule has 10 nitrogen and oxygen atoms in total. The molecule has 0 spiro atoms. The molecule has 0 radical (unpaired) electrons. The Kier molecular flexibility index (Phi) is 6.40. The minimum Gasteiger partial charge on any atom is -0.450 e. The number of aromatic nitrogens is 4. The number of thiocarbonyl (C=S) groups is 1. The summed E-state index contributed by atoms with van der Waals surface area (Å²) >= 11 is 5.01. The van der Waals surface area contributed by atoms with Gasteiger partial charge in [-0.3, -0.25) is 5.32 Å². The Hall–Kier alpha value is -3.08. The number of carbonyl (C=O) groups excluding carboxylic acids is 2. The lowest BCUT2D eigenvalue weighted by Crippen LogP contribution is -2.34. The molecule has 144 valence electrons. The second kappa shape index (κ2) is 8.54. The largest absolute Gasteiger partial charge is 0.450 e. The van der Waals surface area contributed by atoms with Crippen molar-refractivity contribution in [1.82, 2.24) is 25.1 Å². The van der Waals surface area contributed by atoms with Crippen molar-refractivity contribution in [1.29, 1.82) is 0 Å². The minimum atomic E-state index is -0.664. The van der Waals surface area contributed by atoms with Gasteiger partial charge in [0.25, 0.3) is 0 Å². The zero-order valence-electron chi connectivity index (χ0n) is 15.3. The van der Waals surface area contributed by atoms with Gasteiger partial charge in [-0.1, -0.05) is 0 Å². The Balaban J connectivity index is 2.08. The first-order chi connectivity index (χ1) is 12.7. The maximum atomic E-state index is 12.0. The number of alkyl carbamates (subject to hydrolysis) is 1. The molecule has 0 fully saturated rings. The van der Waals surface area contributed by atoms with Gasteiger partial charge in [0.1, 0.15) is 11.4 Å². The number of rotatable bonds is 3. The van der Waals surface area contributed by atoms with Gasteiger partial charge in [-0.2, -0.15) is 9.78 Å². The molecule has 11 heteroatoms. The van der Waals surface area contributed by atoms with Gasteiger partial charge in [0, 0.05) is 12.4 Å². The molecule has 2 rings (SSSR count). The van der Waals surface area contributed by atoms with Crippen molar-refractivity contribution in [2.24, 2.45) is 0 Å². The molecule has 0 bridgehead atoms. The minimum absolute atomic E-state index is 0.0301. The Morgan fingerprint density at radius 1 is 1.33 bits per heavy atom. The van der Waals surface area contributed by atoms with Crippen molar-refractivity contribution in [2.45, 2.75) is 33.3 Å². The molecule has 2 heterocycles. The Bertz CT molecular complexity index is 845. The lowest BCUT2D eigenvalue weighted by atomic mass is 10.2. The first kappa shape index (κ1) is 20.2. The van der Waals surface area contributed by atoms with Crippen molar-refractivity contribution in [3.63, 3.8) is 0 Å². The third kappa shape index (κ3) is 6.29. The molecule has 0 saturated heterocycles.